The van der Waals surface area contributed by atoms with Crippen molar-refractivity contribution >= 4 is 40.9 Å². The Bertz CT molecular complexity index is 528. The fraction of sp³-hybridized carbons (Fsp3) is 0.385. The molecule has 2 N–H and O–H groups in total. The topological polar surface area (TPSA) is 78.9 Å². The lowest BCUT2D eigenvalue weighted by molar-refractivity contribution is -0.141. The second-order valence-corrected chi connectivity index (χ2v) is 5.34. The molecule has 1 unspecified atom stereocenters. The maximum atomic E-state index is 12.0. The molecule has 0 fully saturated rings. The molecule has 1 aromatic carbocycles. The third-order valence-electron chi connectivity index (χ3n) is 2.77. The number of carbonyl (C=O) groups excluding carboxylic acids is 1. The van der Waals surface area contributed by atoms with Gasteiger partial charge in [0, 0.05) is 19.3 Å². The van der Waals surface area contributed by atoms with E-state index in [-0.39, 0.29) is 16.6 Å². The van der Waals surface area contributed by atoms with Gasteiger partial charge < -0.3 is 20.1 Å². The van der Waals surface area contributed by atoms with Gasteiger partial charge in [0.25, 0.3) is 0 Å². The predicted octanol–water partition coefficient (Wildman–Crippen LogP) is 3.19. The number of anilines is 1. The number of nitrogens with one attached hydrogen (secondary N) is 1. The Hall–Kier alpha value is -1.66. The van der Waals surface area contributed by atoms with E-state index in [0.717, 1.165) is 0 Å². The number of ether oxygens (including phenoxy) is 1. The minimum absolute atomic E-state index is 0.0821. The van der Waals surface area contributed by atoms with Gasteiger partial charge in [0.05, 0.1) is 23.1 Å². The van der Waals surface area contributed by atoms with E-state index in [2.05, 4.69) is 5.32 Å². The molecule has 1 rings (SSSR count). The summed E-state index contributed by atoms with van der Waals surface area (Å²) in [5.74, 6) is -1.31. The second kappa shape index (κ2) is 7.38. The van der Waals surface area contributed by atoms with Crippen LogP contribution in [0.3, 0.4) is 0 Å². The fourth-order valence-electron chi connectivity index (χ4n) is 1.62. The van der Waals surface area contributed by atoms with Crippen LogP contribution in [0.15, 0.2) is 12.1 Å². The quantitative estimate of drug-likeness (QED) is 0.866. The van der Waals surface area contributed by atoms with Gasteiger partial charge in [-0.3, -0.25) is 4.79 Å². The molecule has 21 heavy (non-hydrogen) atoms. The van der Waals surface area contributed by atoms with Gasteiger partial charge >= 0.3 is 12.0 Å². The summed E-state index contributed by atoms with van der Waals surface area (Å²) in [5.41, 5.74) is 0.394. The van der Waals surface area contributed by atoms with Gasteiger partial charge in [0.15, 0.2) is 5.75 Å². The number of amides is 2. The Morgan fingerprint density at radius 1 is 1.38 bits per heavy atom. The highest BCUT2D eigenvalue weighted by Gasteiger charge is 2.18. The zero-order chi connectivity index (χ0) is 16.2. The van der Waals surface area contributed by atoms with Crippen LogP contribution in [0.4, 0.5) is 10.5 Å². The number of urea groups is 1. The molecule has 1 atom stereocenters. The Morgan fingerprint density at radius 2 is 1.90 bits per heavy atom. The van der Waals surface area contributed by atoms with Crippen molar-refractivity contribution in [3.8, 4) is 5.75 Å². The van der Waals surface area contributed by atoms with Gasteiger partial charge in [-0.2, -0.15) is 0 Å². The Kier molecular flexibility index (Phi) is 6.11. The van der Waals surface area contributed by atoms with Crippen molar-refractivity contribution in [2.75, 3.05) is 26.0 Å². The molecule has 0 spiro atoms. The van der Waals surface area contributed by atoms with Crippen molar-refractivity contribution in [3.05, 3.63) is 22.2 Å². The number of hydrogen-bond acceptors (Lipinski definition) is 3. The number of carbonyl (C=O) groups is 2. The molecule has 0 aliphatic rings. The van der Waals surface area contributed by atoms with Gasteiger partial charge in [0.2, 0.25) is 0 Å². The average Bonchev–Trinajstić information content (AvgIpc) is 2.37. The first kappa shape index (κ1) is 17.4. The Labute approximate surface area is 132 Å². The van der Waals surface area contributed by atoms with Crippen molar-refractivity contribution in [1.29, 1.82) is 0 Å². The monoisotopic (exact) mass is 334 g/mol. The third kappa shape index (κ3) is 4.68. The number of carboxylic acids is 1. The Balaban J connectivity index is 2.77. The molecule has 0 aliphatic carbocycles. The molecule has 0 aromatic heterocycles. The summed E-state index contributed by atoms with van der Waals surface area (Å²) in [5, 5.41) is 11.9. The lowest BCUT2D eigenvalue weighted by Gasteiger charge is -2.20. The normalized spacial score (nSPS) is 11.7. The molecular weight excluding hydrogens is 319 g/mol. The van der Waals surface area contributed by atoms with E-state index in [9.17, 15) is 9.59 Å². The van der Waals surface area contributed by atoms with Gasteiger partial charge in [-0.05, 0) is 12.1 Å². The van der Waals surface area contributed by atoms with E-state index in [4.69, 9.17) is 33.0 Å². The predicted molar refractivity (Wildman–Crippen MR) is 81.5 cm³/mol. The van der Waals surface area contributed by atoms with Crippen LogP contribution < -0.4 is 10.1 Å². The smallest absolute Gasteiger partial charge is 0.321 e. The molecule has 0 saturated heterocycles. The van der Waals surface area contributed by atoms with Crippen LogP contribution in [-0.2, 0) is 4.79 Å². The largest absolute Gasteiger partial charge is 0.494 e. The molecule has 0 radical (unpaired) electrons. The lowest BCUT2D eigenvalue weighted by Crippen LogP contribution is -2.36. The van der Waals surface area contributed by atoms with Crippen LogP contribution in [-0.4, -0.2) is 42.7 Å². The highest BCUT2D eigenvalue weighted by atomic mass is 35.5. The van der Waals surface area contributed by atoms with Crippen molar-refractivity contribution in [2.24, 2.45) is 5.92 Å². The van der Waals surface area contributed by atoms with Crippen molar-refractivity contribution in [3.63, 3.8) is 0 Å². The van der Waals surface area contributed by atoms with Gasteiger partial charge in [-0.1, -0.05) is 30.1 Å². The van der Waals surface area contributed by atoms with E-state index < -0.39 is 17.9 Å². The number of benzene rings is 1. The maximum absolute atomic E-state index is 12.0. The van der Waals surface area contributed by atoms with Crippen molar-refractivity contribution < 1.29 is 19.4 Å². The number of carboxylic acid groups (broad SMARTS) is 1. The zero-order valence-electron chi connectivity index (χ0n) is 11.8. The van der Waals surface area contributed by atoms with E-state index in [0.29, 0.717) is 11.4 Å². The maximum Gasteiger partial charge on any atom is 0.321 e. The van der Waals surface area contributed by atoms with Crippen LogP contribution in [0.25, 0.3) is 0 Å². The van der Waals surface area contributed by atoms with E-state index in [1.807, 2.05) is 0 Å². The molecule has 0 bridgehead atoms. The van der Waals surface area contributed by atoms with Crippen LogP contribution in [0.2, 0.25) is 10.0 Å². The molecular formula is C13H16Cl2N2O4. The van der Waals surface area contributed by atoms with Crippen LogP contribution >= 0.6 is 23.2 Å². The number of aliphatic carboxylic acids is 1. The minimum Gasteiger partial charge on any atom is -0.494 e. The molecule has 0 heterocycles. The summed E-state index contributed by atoms with van der Waals surface area (Å²) >= 11 is 11.9. The van der Waals surface area contributed by atoms with Gasteiger partial charge in [-0.25, -0.2) is 4.79 Å². The van der Waals surface area contributed by atoms with Crippen molar-refractivity contribution in [2.45, 2.75) is 6.92 Å². The average molecular weight is 335 g/mol. The van der Waals surface area contributed by atoms with Crippen LogP contribution in [0, 0.1) is 5.92 Å². The van der Waals surface area contributed by atoms with Crippen molar-refractivity contribution in [1.82, 2.24) is 4.90 Å². The first-order valence-electron chi connectivity index (χ1n) is 6.04. The summed E-state index contributed by atoms with van der Waals surface area (Å²) < 4.78 is 5.01. The van der Waals surface area contributed by atoms with Gasteiger partial charge in [-0.15, -0.1) is 0 Å². The molecule has 2 amide bonds. The molecule has 1 aromatic rings. The Morgan fingerprint density at radius 3 is 2.33 bits per heavy atom. The number of rotatable bonds is 5. The number of nitrogens with zero attached hydrogens (tertiary/aromatic N) is 1. The van der Waals surface area contributed by atoms with Gasteiger partial charge in [0.1, 0.15) is 0 Å². The highest BCUT2D eigenvalue weighted by Crippen LogP contribution is 2.35. The first-order valence-corrected chi connectivity index (χ1v) is 6.79. The fourth-order valence-corrected chi connectivity index (χ4v) is 2.26. The molecule has 6 nitrogen and oxygen atoms in total. The number of methoxy groups -OCH3 is 1. The molecule has 8 heteroatoms. The first-order chi connectivity index (χ1) is 9.76. The van der Waals surface area contributed by atoms with Crippen LogP contribution in [0.5, 0.6) is 5.75 Å². The summed E-state index contributed by atoms with van der Waals surface area (Å²) in [4.78, 5) is 24.0. The summed E-state index contributed by atoms with van der Waals surface area (Å²) in [6.45, 7) is 1.60. The second-order valence-electron chi connectivity index (χ2n) is 4.52. The summed E-state index contributed by atoms with van der Waals surface area (Å²) in [6, 6.07) is 2.54. The number of halogens is 2. The third-order valence-corrected chi connectivity index (χ3v) is 3.33. The summed E-state index contributed by atoms with van der Waals surface area (Å²) in [6.07, 6.45) is 0. The van der Waals surface area contributed by atoms with E-state index in [1.54, 1.807) is 0 Å². The standard InChI is InChI=1S/C13H16Cl2N2O4/c1-7(12(18)19)6-17(2)13(20)16-8-4-9(14)11(21-3)10(15)5-8/h4-5,7H,6H2,1-3H3,(H,16,20)(H,18,19). The zero-order valence-corrected chi connectivity index (χ0v) is 13.3. The van der Waals surface area contributed by atoms with E-state index >= 15 is 0 Å². The summed E-state index contributed by atoms with van der Waals surface area (Å²) in [7, 11) is 2.94. The number of hydrogen-bond donors (Lipinski definition) is 2. The minimum atomic E-state index is -0.967. The SMILES string of the molecule is COc1c(Cl)cc(NC(=O)N(C)CC(C)C(=O)O)cc1Cl. The lowest BCUT2D eigenvalue weighted by atomic mass is 10.2. The molecule has 0 saturated carbocycles. The highest BCUT2D eigenvalue weighted by molar-refractivity contribution is 6.37. The molecule has 116 valence electrons. The van der Waals surface area contributed by atoms with E-state index in [1.165, 1.54) is 38.1 Å². The molecule has 0 aliphatic heterocycles. The van der Waals surface area contributed by atoms with Crippen LogP contribution in [0.1, 0.15) is 6.92 Å².